The highest BCUT2D eigenvalue weighted by Crippen LogP contribution is 2.28. The molecule has 0 fully saturated rings. The van der Waals surface area contributed by atoms with Gasteiger partial charge in [-0.25, -0.2) is 8.78 Å². The van der Waals surface area contributed by atoms with Crippen LogP contribution in [0.15, 0.2) is 73.5 Å². The molecule has 0 saturated heterocycles. The molecule has 0 amide bonds. The summed E-state index contributed by atoms with van der Waals surface area (Å²) in [6.45, 7) is 5.47. The van der Waals surface area contributed by atoms with Crippen LogP contribution in [0.4, 0.5) is 8.78 Å². The summed E-state index contributed by atoms with van der Waals surface area (Å²) < 4.78 is 29.2. The van der Waals surface area contributed by atoms with Gasteiger partial charge in [0.2, 0.25) is 0 Å². The van der Waals surface area contributed by atoms with Gasteiger partial charge < -0.3 is 5.11 Å². The largest absolute Gasteiger partial charge is 0.393 e. The highest BCUT2D eigenvalue weighted by Gasteiger charge is 2.14. The fourth-order valence-corrected chi connectivity index (χ4v) is 3.36. The van der Waals surface area contributed by atoms with E-state index in [-0.39, 0.29) is 17.2 Å². The Hall–Kier alpha value is -3.11. The predicted molar refractivity (Wildman–Crippen MR) is 123 cm³/mol. The number of nitrogens with zero attached hydrogens (tertiary/aromatic N) is 1. The first kappa shape index (κ1) is 22.6. The van der Waals surface area contributed by atoms with Crippen LogP contribution in [-0.2, 0) is 6.42 Å². The van der Waals surface area contributed by atoms with E-state index in [1.807, 2.05) is 36.4 Å². The molecule has 0 spiro atoms. The summed E-state index contributed by atoms with van der Waals surface area (Å²) in [5.41, 5.74) is 3.82. The summed E-state index contributed by atoms with van der Waals surface area (Å²) in [6.07, 6.45) is 9.45. The maximum Gasteiger partial charge on any atom is 0.167 e. The van der Waals surface area contributed by atoms with Crippen LogP contribution in [0.25, 0.3) is 28.5 Å². The van der Waals surface area contributed by atoms with Crippen molar-refractivity contribution in [2.75, 3.05) is 0 Å². The number of unbranched alkanes of at least 4 members (excludes halogenated alkanes) is 1. The van der Waals surface area contributed by atoms with E-state index in [1.165, 1.54) is 5.56 Å². The van der Waals surface area contributed by atoms with Crippen LogP contribution in [0.5, 0.6) is 0 Å². The molecule has 0 aliphatic carbocycles. The molecular weight excluding hydrogens is 392 g/mol. The first-order valence-corrected chi connectivity index (χ1v) is 10.5. The summed E-state index contributed by atoms with van der Waals surface area (Å²) in [6, 6.07) is 14.7. The zero-order valence-electron chi connectivity index (χ0n) is 17.7. The zero-order chi connectivity index (χ0) is 22.2. The Morgan fingerprint density at radius 2 is 1.74 bits per heavy atom. The molecule has 160 valence electrons. The predicted octanol–water partition coefficient (Wildman–Crippen LogP) is 6.99. The lowest BCUT2D eigenvalue weighted by atomic mass is 10.0. The van der Waals surface area contributed by atoms with Gasteiger partial charge in [-0.1, -0.05) is 60.7 Å². The summed E-state index contributed by atoms with van der Waals surface area (Å²) in [5.74, 6) is -1.75. The molecule has 0 saturated carbocycles. The third-order valence-electron chi connectivity index (χ3n) is 5.11. The second-order valence-electron chi connectivity index (χ2n) is 7.63. The van der Waals surface area contributed by atoms with Gasteiger partial charge >= 0.3 is 0 Å². The molecule has 0 radical (unpaired) electrons. The van der Waals surface area contributed by atoms with E-state index in [0.717, 1.165) is 24.1 Å². The molecule has 2 nitrogen and oxygen atoms in total. The van der Waals surface area contributed by atoms with Crippen molar-refractivity contribution in [3.05, 3.63) is 96.2 Å². The Balaban J connectivity index is 1.74. The molecule has 2 aromatic carbocycles. The lowest BCUT2D eigenvalue weighted by Gasteiger charge is -2.08. The topological polar surface area (TPSA) is 33.1 Å². The number of halogens is 2. The minimum atomic E-state index is -0.880. The van der Waals surface area contributed by atoms with Crippen molar-refractivity contribution in [3.8, 4) is 22.4 Å². The first-order valence-electron chi connectivity index (χ1n) is 10.5. The third kappa shape index (κ3) is 5.96. The second kappa shape index (κ2) is 10.8. The van der Waals surface area contributed by atoms with E-state index in [2.05, 4.69) is 11.6 Å². The maximum absolute atomic E-state index is 14.7. The number of aliphatic hydroxyl groups excluding tert-OH is 1. The van der Waals surface area contributed by atoms with E-state index in [9.17, 15) is 13.9 Å². The Morgan fingerprint density at radius 3 is 2.39 bits per heavy atom. The van der Waals surface area contributed by atoms with Crippen molar-refractivity contribution < 1.29 is 13.9 Å². The molecule has 1 heterocycles. The summed E-state index contributed by atoms with van der Waals surface area (Å²) in [4.78, 5) is 4.43. The number of pyridine rings is 1. The van der Waals surface area contributed by atoms with Crippen molar-refractivity contribution in [2.24, 2.45) is 0 Å². The van der Waals surface area contributed by atoms with E-state index in [1.54, 1.807) is 43.5 Å². The molecule has 0 aliphatic heterocycles. The molecule has 0 bridgehead atoms. The lowest BCUT2D eigenvalue weighted by Crippen LogP contribution is -1.97. The number of hydrogen-bond acceptors (Lipinski definition) is 2. The van der Waals surface area contributed by atoms with Crippen molar-refractivity contribution >= 4 is 6.08 Å². The van der Waals surface area contributed by atoms with Gasteiger partial charge in [0.05, 0.1) is 11.8 Å². The summed E-state index contributed by atoms with van der Waals surface area (Å²) in [5, 5.41) is 9.26. The van der Waals surface area contributed by atoms with Gasteiger partial charge in [-0.2, -0.15) is 0 Å². The normalized spacial score (nSPS) is 12.3. The number of allylic oxidation sites excluding steroid dienone is 2. The standard InChI is InChI=1S/C27H27F2NO/c1-3-7-20-10-12-21(13-11-20)25-17-15-23(18-30-25)24-16-14-22(26(28)27(24)29)9-6-4-5-8-19(2)31/h3,6,9-19,31H,1,4-5,7-8H2,2H3/b9-6+. The van der Waals surface area contributed by atoms with Crippen molar-refractivity contribution in [2.45, 2.75) is 38.7 Å². The second-order valence-corrected chi connectivity index (χ2v) is 7.63. The van der Waals surface area contributed by atoms with Crippen LogP contribution in [0.2, 0.25) is 0 Å². The molecule has 1 atom stereocenters. The average molecular weight is 420 g/mol. The van der Waals surface area contributed by atoms with Crippen LogP contribution >= 0.6 is 0 Å². The smallest absolute Gasteiger partial charge is 0.167 e. The van der Waals surface area contributed by atoms with Gasteiger partial charge in [0.25, 0.3) is 0 Å². The van der Waals surface area contributed by atoms with Crippen molar-refractivity contribution in [1.29, 1.82) is 0 Å². The minimum absolute atomic E-state index is 0.184. The van der Waals surface area contributed by atoms with E-state index >= 15 is 0 Å². The van der Waals surface area contributed by atoms with E-state index < -0.39 is 11.6 Å². The number of hydrogen-bond donors (Lipinski definition) is 1. The summed E-state index contributed by atoms with van der Waals surface area (Å²) in [7, 11) is 0. The summed E-state index contributed by atoms with van der Waals surface area (Å²) >= 11 is 0. The van der Waals surface area contributed by atoms with E-state index in [0.29, 0.717) is 18.4 Å². The molecule has 3 aromatic rings. The lowest BCUT2D eigenvalue weighted by molar-refractivity contribution is 0.182. The van der Waals surface area contributed by atoms with Gasteiger partial charge in [0.1, 0.15) is 0 Å². The number of rotatable bonds is 9. The van der Waals surface area contributed by atoms with Gasteiger partial charge in [-0.3, -0.25) is 4.98 Å². The number of benzene rings is 2. The van der Waals surface area contributed by atoms with Gasteiger partial charge in [-0.05, 0) is 44.2 Å². The van der Waals surface area contributed by atoms with Crippen LogP contribution in [0.1, 0.15) is 37.3 Å². The Morgan fingerprint density at radius 1 is 1.00 bits per heavy atom. The molecule has 1 N–H and O–H groups in total. The monoisotopic (exact) mass is 419 g/mol. The van der Waals surface area contributed by atoms with Crippen molar-refractivity contribution in [1.82, 2.24) is 4.98 Å². The average Bonchev–Trinajstić information content (AvgIpc) is 2.77. The Kier molecular flexibility index (Phi) is 7.85. The van der Waals surface area contributed by atoms with E-state index in [4.69, 9.17) is 0 Å². The Bertz CT molecular complexity index is 1040. The van der Waals surface area contributed by atoms with Crippen LogP contribution in [0.3, 0.4) is 0 Å². The molecule has 3 rings (SSSR count). The first-order chi connectivity index (χ1) is 15.0. The number of aliphatic hydroxyl groups is 1. The Labute approximate surface area is 182 Å². The van der Waals surface area contributed by atoms with Crippen LogP contribution < -0.4 is 0 Å². The van der Waals surface area contributed by atoms with Crippen LogP contribution in [-0.4, -0.2) is 16.2 Å². The van der Waals surface area contributed by atoms with Crippen LogP contribution in [0, 0.1) is 11.6 Å². The SMILES string of the molecule is C=CCc1ccc(-c2ccc(-c3ccc(/C=C/CCCC(C)O)c(F)c3F)cn2)cc1. The zero-order valence-corrected chi connectivity index (χ0v) is 17.7. The molecular formula is C27H27F2NO. The minimum Gasteiger partial charge on any atom is -0.393 e. The molecule has 0 aliphatic rings. The van der Waals surface area contributed by atoms with Gasteiger partial charge in [0, 0.05) is 28.5 Å². The van der Waals surface area contributed by atoms with Gasteiger partial charge in [-0.15, -0.1) is 6.58 Å². The third-order valence-corrected chi connectivity index (χ3v) is 5.11. The molecule has 31 heavy (non-hydrogen) atoms. The highest BCUT2D eigenvalue weighted by molar-refractivity contribution is 5.69. The fraction of sp³-hybridized carbons (Fsp3) is 0.222. The fourth-order valence-electron chi connectivity index (χ4n) is 3.36. The molecule has 1 aromatic heterocycles. The molecule has 4 heteroatoms. The quantitative estimate of drug-likeness (QED) is 0.300. The van der Waals surface area contributed by atoms with Gasteiger partial charge in [0.15, 0.2) is 11.6 Å². The van der Waals surface area contributed by atoms with Crippen molar-refractivity contribution in [3.63, 3.8) is 0 Å². The molecule has 1 unspecified atom stereocenters. The highest BCUT2D eigenvalue weighted by atomic mass is 19.2. The number of aromatic nitrogens is 1. The maximum atomic E-state index is 14.7.